The third-order valence-corrected chi connectivity index (χ3v) is 6.13. The van der Waals surface area contributed by atoms with E-state index in [1.807, 2.05) is 12.4 Å². The summed E-state index contributed by atoms with van der Waals surface area (Å²) in [6.45, 7) is 7.22. The average molecular weight is 388 g/mol. The van der Waals surface area contributed by atoms with Crippen LogP contribution in [0.4, 0.5) is 0 Å². The number of piperidine rings is 2. The molecule has 0 spiro atoms. The minimum absolute atomic E-state index is 0.169. The Labute approximate surface area is 170 Å². The summed E-state index contributed by atoms with van der Waals surface area (Å²) in [6, 6.07) is 4.86. The van der Waals surface area contributed by atoms with E-state index >= 15 is 0 Å². The van der Waals surface area contributed by atoms with Crippen molar-refractivity contribution in [3.63, 3.8) is 0 Å². The predicted molar refractivity (Wildman–Crippen MR) is 113 cm³/mol. The van der Waals surface area contributed by atoms with Gasteiger partial charge in [-0.25, -0.2) is 0 Å². The van der Waals surface area contributed by atoms with Crippen molar-refractivity contribution in [1.82, 2.24) is 25.0 Å². The molecule has 0 radical (unpaired) electrons. The highest BCUT2D eigenvalue weighted by atomic mass is 16.1. The van der Waals surface area contributed by atoms with Gasteiger partial charge in [0.2, 0.25) is 5.91 Å². The molecule has 0 aliphatic carbocycles. The van der Waals surface area contributed by atoms with Crippen LogP contribution in [0.25, 0.3) is 0 Å². The molecule has 2 saturated heterocycles. The van der Waals surface area contributed by atoms with Gasteiger partial charge in [0.25, 0.3) is 0 Å². The second-order valence-corrected chi connectivity index (χ2v) is 8.64. The fraction of sp³-hybridized carbons (Fsp3) is 0.727. The number of carbonyl (C=O) groups excluding carboxylic acids is 1. The molecule has 1 aromatic rings. The van der Waals surface area contributed by atoms with Gasteiger partial charge in [0.1, 0.15) is 0 Å². The first-order valence-corrected chi connectivity index (χ1v) is 10.9. The lowest BCUT2D eigenvalue weighted by Crippen LogP contribution is -2.50. The summed E-state index contributed by atoms with van der Waals surface area (Å²) < 4.78 is 0. The van der Waals surface area contributed by atoms with E-state index in [1.54, 1.807) is 0 Å². The third kappa shape index (κ3) is 6.54. The molecule has 0 aromatic carbocycles. The molecular weight excluding hydrogens is 350 g/mol. The lowest BCUT2D eigenvalue weighted by Gasteiger charge is -2.42. The van der Waals surface area contributed by atoms with Gasteiger partial charge in [-0.3, -0.25) is 19.6 Å². The van der Waals surface area contributed by atoms with Gasteiger partial charge in [0.05, 0.1) is 5.92 Å². The maximum Gasteiger partial charge on any atom is 0.224 e. The summed E-state index contributed by atoms with van der Waals surface area (Å²) in [4.78, 5) is 24.0. The number of nitrogens with one attached hydrogen (secondary N) is 1. The molecule has 1 aromatic heterocycles. The molecule has 6 heteroatoms. The zero-order valence-electron chi connectivity index (χ0n) is 17.6. The largest absolute Gasteiger partial charge is 0.356 e. The van der Waals surface area contributed by atoms with Gasteiger partial charge in [-0.2, -0.15) is 0 Å². The Morgan fingerprint density at radius 1 is 1.18 bits per heavy atom. The van der Waals surface area contributed by atoms with Crippen molar-refractivity contribution in [2.24, 2.45) is 5.92 Å². The minimum atomic E-state index is 0.169. The molecule has 6 nitrogen and oxygen atoms in total. The van der Waals surface area contributed by atoms with Crippen LogP contribution in [0.5, 0.6) is 0 Å². The molecule has 3 rings (SSSR count). The SMILES string of the molecule is CN(C)CCCNC(=O)C1CCCN(C2CCN(Cc3ccncc3)CC2)C1. The highest BCUT2D eigenvalue weighted by Crippen LogP contribution is 2.24. The van der Waals surface area contributed by atoms with E-state index < -0.39 is 0 Å². The second-order valence-electron chi connectivity index (χ2n) is 8.64. The minimum Gasteiger partial charge on any atom is -0.356 e. The predicted octanol–water partition coefficient (Wildman–Crippen LogP) is 1.83. The van der Waals surface area contributed by atoms with Crippen LogP contribution in [0.3, 0.4) is 0 Å². The van der Waals surface area contributed by atoms with E-state index in [-0.39, 0.29) is 11.8 Å². The number of hydrogen-bond donors (Lipinski definition) is 1. The molecule has 0 saturated carbocycles. The molecule has 0 bridgehead atoms. The summed E-state index contributed by atoms with van der Waals surface area (Å²) in [5.74, 6) is 0.432. The first-order valence-electron chi connectivity index (χ1n) is 10.9. The van der Waals surface area contributed by atoms with Gasteiger partial charge in [-0.05, 0) is 90.1 Å². The number of rotatable bonds is 8. The number of aromatic nitrogens is 1. The van der Waals surface area contributed by atoms with Crippen LogP contribution in [-0.2, 0) is 11.3 Å². The molecule has 2 aliphatic rings. The first-order chi connectivity index (χ1) is 13.6. The zero-order chi connectivity index (χ0) is 19.8. The zero-order valence-corrected chi connectivity index (χ0v) is 17.6. The number of likely N-dealkylation sites (tertiary alicyclic amines) is 2. The van der Waals surface area contributed by atoms with Crippen LogP contribution in [0, 0.1) is 5.92 Å². The van der Waals surface area contributed by atoms with Crippen molar-refractivity contribution >= 4 is 5.91 Å². The fourth-order valence-electron chi connectivity index (χ4n) is 4.49. The van der Waals surface area contributed by atoms with E-state index in [4.69, 9.17) is 0 Å². The Morgan fingerprint density at radius 2 is 1.93 bits per heavy atom. The van der Waals surface area contributed by atoms with E-state index in [2.05, 4.69) is 51.2 Å². The van der Waals surface area contributed by atoms with E-state index in [0.29, 0.717) is 6.04 Å². The van der Waals surface area contributed by atoms with Gasteiger partial charge in [0.15, 0.2) is 0 Å². The Bertz CT molecular complexity index is 586. The first kappa shape index (κ1) is 21.2. The fourth-order valence-corrected chi connectivity index (χ4v) is 4.49. The smallest absolute Gasteiger partial charge is 0.224 e. The molecule has 156 valence electrons. The average Bonchev–Trinajstić information content (AvgIpc) is 2.72. The number of amides is 1. The van der Waals surface area contributed by atoms with Crippen molar-refractivity contribution < 1.29 is 4.79 Å². The third-order valence-electron chi connectivity index (χ3n) is 6.13. The van der Waals surface area contributed by atoms with E-state index in [0.717, 1.165) is 65.1 Å². The van der Waals surface area contributed by atoms with Crippen molar-refractivity contribution in [3.8, 4) is 0 Å². The topological polar surface area (TPSA) is 51.7 Å². The van der Waals surface area contributed by atoms with Crippen LogP contribution in [0.1, 0.15) is 37.7 Å². The van der Waals surface area contributed by atoms with E-state index in [9.17, 15) is 4.79 Å². The van der Waals surface area contributed by atoms with Crippen molar-refractivity contribution in [1.29, 1.82) is 0 Å². The summed E-state index contributed by atoms with van der Waals surface area (Å²) in [6.07, 6.45) is 9.38. The Hall–Kier alpha value is -1.50. The number of carbonyl (C=O) groups is 1. The highest BCUT2D eigenvalue weighted by molar-refractivity contribution is 5.78. The maximum absolute atomic E-state index is 12.6. The molecule has 2 aliphatic heterocycles. The summed E-state index contributed by atoms with van der Waals surface area (Å²) in [7, 11) is 4.15. The monoisotopic (exact) mass is 387 g/mol. The molecule has 1 amide bonds. The van der Waals surface area contributed by atoms with Crippen molar-refractivity contribution in [2.45, 2.75) is 44.7 Å². The molecule has 1 N–H and O–H groups in total. The standard InChI is InChI=1S/C22H37N5O/c1-25(2)13-4-10-24-22(28)20-5-3-14-27(18-20)21-8-15-26(16-9-21)17-19-6-11-23-12-7-19/h6-7,11-12,20-21H,3-5,8-10,13-18H2,1-2H3,(H,24,28). The number of nitrogens with zero attached hydrogens (tertiary/aromatic N) is 4. The lowest BCUT2D eigenvalue weighted by molar-refractivity contribution is -0.127. The van der Waals surface area contributed by atoms with Crippen LogP contribution >= 0.6 is 0 Å². The molecular formula is C22H37N5O. The van der Waals surface area contributed by atoms with Gasteiger partial charge < -0.3 is 10.2 Å². The van der Waals surface area contributed by atoms with Crippen molar-refractivity contribution in [3.05, 3.63) is 30.1 Å². The molecule has 2 fully saturated rings. The normalized spacial score (nSPS) is 22.5. The molecule has 28 heavy (non-hydrogen) atoms. The van der Waals surface area contributed by atoms with Crippen molar-refractivity contribution in [2.75, 3.05) is 53.4 Å². The van der Waals surface area contributed by atoms with Crippen LogP contribution in [0.15, 0.2) is 24.5 Å². The molecule has 1 unspecified atom stereocenters. The number of pyridine rings is 1. The van der Waals surface area contributed by atoms with Gasteiger partial charge in [-0.15, -0.1) is 0 Å². The van der Waals surface area contributed by atoms with Gasteiger partial charge >= 0.3 is 0 Å². The summed E-state index contributed by atoms with van der Waals surface area (Å²) in [5, 5.41) is 3.16. The van der Waals surface area contributed by atoms with E-state index in [1.165, 1.54) is 18.4 Å². The lowest BCUT2D eigenvalue weighted by atomic mass is 9.93. The highest BCUT2D eigenvalue weighted by Gasteiger charge is 2.31. The van der Waals surface area contributed by atoms with Crippen LogP contribution < -0.4 is 5.32 Å². The Balaban J connectivity index is 1.39. The Morgan fingerprint density at radius 3 is 2.64 bits per heavy atom. The summed E-state index contributed by atoms with van der Waals surface area (Å²) in [5.41, 5.74) is 1.34. The van der Waals surface area contributed by atoms with Gasteiger partial charge in [0, 0.05) is 38.1 Å². The number of hydrogen-bond acceptors (Lipinski definition) is 5. The van der Waals surface area contributed by atoms with Crippen LogP contribution in [0.2, 0.25) is 0 Å². The molecule has 1 atom stereocenters. The van der Waals surface area contributed by atoms with Crippen LogP contribution in [-0.4, -0.2) is 85.0 Å². The summed E-state index contributed by atoms with van der Waals surface area (Å²) >= 11 is 0. The maximum atomic E-state index is 12.6. The van der Waals surface area contributed by atoms with Gasteiger partial charge in [-0.1, -0.05) is 0 Å². The second kappa shape index (κ2) is 10.9. The Kier molecular flexibility index (Phi) is 8.25. The molecule has 3 heterocycles. The quantitative estimate of drug-likeness (QED) is 0.690.